The molecule has 4 aromatic carbocycles. The highest BCUT2D eigenvalue weighted by atomic mass is 32.2. The van der Waals surface area contributed by atoms with E-state index in [1.165, 1.54) is 25.3 Å². The first-order valence-electron chi connectivity index (χ1n) is 11.5. The van der Waals surface area contributed by atoms with Crippen LogP contribution in [0.3, 0.4) is 0 Å². The van der Waals surface area contributed by atoms with Crippen LogP contribution in [-0.4, -0.2) is 18.9 Å². The molecular formula is C29H23F3N2O3S. The molecule has 9 heteroatoms. The number of alkyl halides is 3. The third-order valence-corrected chi connectivity index (χ3v) is 6.76. The van der Waals surface area contributed by atoms with Crippen LogP contribution in [0.1, 0.15) is 26.7 Å². The number of carbonyl (C=O) groups is 2. The van der Waals surface area contributed by atoms with E-state index >= 15 is 0 Å². The summed E-state index contributed by atoms with van der Waals surface area (Å²) in [6.45, 7) is 0. The fourth-order valence-corrected chi connectivity index (χ4v) is 4.77. The number of nitrogens with one attached hydrogen (secondary N) is 2. The van der Waals surface area contributed by atoms with Crippen LogP contribution >= 0.6 is 11.8 Å². The van der Waals surface area contributed by atoms with Gasteiger partial charge in [0.2, 0.25) is 5.91 Å². The van der Waals surface area contributed by atoms with Crippen LogP contribution in [-0.2, 0) is 11.0 Å². The van der Waals surface area contributed by atoms with Crippen LogP contribution < -0.4 is 15.4 Å². The van der Waals surface area contributed by atoms with E-state index in [-0.39, 0.29) is 11.6 Å². The van der Waals surface area contributed by atoms with Gasteiger partial charge in [0.05, 0.1) is 18.4 Å². The number of rotatable bonds is 8. The van der Waals surface area contributed by atoms with Gasteiger partial charge in [-0.3, -0.25) is 9.59 Å². The van der Waals surface area contributed by atoms with Gasteiger partial charge in [-0.1, -0.05) is 54.6 Å². The zero-order chi connectivity index (χ0) is 27.1. The summed E-state index contributed by atoms with van der Waals surface area (Å²) in [6, 6.07) is 27.2. The van der Waals surface area contributed by atoms with Gasteiger partial charge in [-0.25, -0.2) is 0 Å². The summed E-state index contributed by atoms with van der Waals surface area (Å²) < 4.78 is 45.6. The molecule has 4 rings (SSSR count). The van der Waals surface area contributed by atoms with Crippen molar-refractivity contribution in [2.75, 3.05) is 17.7 Å². The van der Waals surface area contributed by atoms with Gasteiger partial charge >= 0.3 is 6.18 Å². The zero-order valence-corrected chi connectivity index (χ0v) is 21.0. The maximum Gasteiger partial charge on any atom is 0.418 e. The number of hydrogen-bond acceptors (Lipinski definition) is 4. The molecule has 4 aromatic rings. The summed E-state index contributed by atoms with van der Waals surface area (Å²) in [5.41, 5.74) is 0.285. The van der Waals surface area contributed by atoms with Crippen molar-refractivity contribution >= 4 is 35.0 Å². The fraction of sp³-hybridized carbons (Fsp3) is 0.103. The van der Waals surface area contributed by atoms with Crippen molar-refractivity contribution in [3.63, 3.8) is 0 Å². The predicted octanol–water partition coefficient (Wildman–Crippen LogP) is 7.44. The minimum Gasteiger partial charge on any atom is -0.497 e. The van der Waals surface area contributed by atoms with E-state index in [9.17, 15) is 22.8 Å². The fourth-order valence-electron chi connectivity index (χ4n) is 3.69. The van der Waals surface area contributed by atoms with E-state index in [0.717, 1.165) is 17.8 Å². The second kappa shape index (κ2) is 11.9. The topological polar surface area (TPSA) is 67.4 Å². The minimum absolute atomic E-state index is 0.314. The van der Waals surface area contributed by atoms with Crippen molar-refractivity contribution in [3.05, 3.63) is 120 Å². The largest absolute Gasteiger partial charge is 0.497 e. The number of carbonyl (C=O) groups excluding carboxylic acids is 2. The molecule has 0 aliphatic rings. The number of hydrogen-bond donors (Lipinski definition) is 2. The molecule has 0 heterocycles. The summed E-state index contributed by atoms with van der Waals surface area (Å²) >= 11 is 1.16. The van der Waals surface area contributed by atoms with Crippen LogP contribution in [0.4, 0.5) is 24.5 Å². The highest BCUT2D eigenvalue weighted by Crippen LogP contribution is 2.39. The number of benzene rings is 4. The average molecular weight is 537 g/mol. The molecule has 5 nitrogen and oxygen atoms in total. The normalized spacial score (nSPS) is 11.9. The van der Waals surface area contributed by atoms with Gasteiger partial charge in [0.1, 0.15) is 11.0 Å². The van der Waals surface area contributed by atoms with E-state index in [0.29, 0.717) is 27.5 Å². The summed E-state index contributed by atoms with van der Waals surface area (Å²) in [4.78, 5) is 26.7. The molecule has 2 N–H and O–H groups in total. The Hall–Kier alpha value is -4.24. The van der Waals surface area contributed by atoms with Crippen LogP contribution in [0.2, 0.25) is 0 Å². The lowest BCUT2D eigenvalue weighted by atomic mass is 10.1. The lowest BCUT2D eigenvalue weighted by Gasteiger charge is -2.19. The summed E-state index contributed by atoms with van der Waals surface area (Å²) in [7, 11) is 1.51. The molecule has 0 saturated heterocycles. The lowest BCUT2D eigenvalue weighted by Crippen LogP contribution is -2.21. The number of para-hydroxylation sites is 1. The molecule has 0 saturated carbocycles. The highest BCUT2D eigenvalue weighted by molar-refractivity contribution is 8.00. The van der Waals surface area contributed by atoms with Gasteiger partial charge in [-0.05, 0) is 54.1 Å². The van der Waals surface area contributed by atoms with Crippen LogP contribution in [0.5, 0.6) is 5.75 Å². The third-order valence-electron chi connectivity index (χ3n) is 5.51. The van der Waals surface area contributed by atoms with Gasteiger partial charge < -0.3 is 15.4 Å². The Bertz CT molecular complexity index is 1430. The second-order valence-electron chi connectivity index (χ2n) is 8.16. The number of amides is 2. The highest BCUT2D eigenvalue weighted by Gasteiger charge is 2.34. The van der Waals surface area contributed by atoms with Gasteiger partial charge in [0, 0.05) is 16.1 Å². The smallest absolute Gasteiger partial charge is 0.418 e. The van der Waals surface area contributed by atoms with Crippen LogP contribution in [0.15, 0.2) is 108 Å². The number of ether oxygens (including phenoxy) is 1. The zero-order valence-electron chi connectivity index (χ0n) is 20.2. The Balaban J connectivity index is 1.57. The molecule has 0 bridgehead atoms. The summed E-state index contributed by atoms with van der Waals surface area (Å²) in [5.74, 6) is -0.401. The average Bonchev–Trinajstić information content (AvgIpc) is 2.92. The molecule has 0 aliphatic carbocycles. The molecule has 2 amide bonds. The summed E-state index contributed by atoms with van der Waals surface area (Å²) in [6.07, 6.45) is -4.62. The molecule has 38 heavy (non-hydrogen) atoms. The minimum atomic E-state index is -4.62. The molecule has 0 fully saturated rings. The van der Waals surface area contributed by atoms with E-state index in [4.69, 9.17) is 4.74 Å². The molecule has 0 radical (unpaired) electrons. The van der Waals surface area contributed by atoms with Crippen molar-refractivity contribution in [2.24, 2.45) is 0 Å². The van der Waals surface area contributed by atoms with Crippen molar-refractivity contribution in [3.8, 4) is 5.75 Å². The Labute approximate surface area is 222 Å². The van der Waals surface area contributed by atoms with Crippen LogP contribution in [0.25, 0.3) is 0 Å². The number of anilines is 2. The third kappa shape index (κ3) is 6.74. The van der Waals surface area contributed by atoms with E-state index in [1.807, 2.05) is 0 Å². The number of methoxy groups -OCH3 is 1. The first-order valence-corrected chi connectivity index (χ1v) is 12.4. The van der Waals surface area contributed by atoms with Crippen molar-refractivity contribution in [1.29, 1.82) is 0 Å². The van der Waals surface area contributed by atoms with E-state index < -0.39 is 22.9 Å². The monoisotopic (exact) mass is 536 g/mol. The number of halogens is 3. The molecule has 194 valence electrons. The first kappa shape index (κ1) is 26.8. The van der Waals surface area contributed by atoms with Crippen molar-refractivity contribution in [1.82, 2.24) is 0 Å². The first-order chi connectivity index (χ1) is 18.2. The quantitative estimate of drug-likeness (QED) is 0.230. The molecule has 1 unspecified atom stereocenters. The van der Waals surface area contributed by atoms with E-state index in [1.54, 1.807) is 78.9 Å². The lowest BCUT2D eigenvalue weighted by molar-refractivity contribution is -0.137. The number of thioether (sulfide) groups is 1. The Morgan fingerprint density at radius 1 is 0.816 bits per heavy atom. The van der Waals surface area contributed by atoms with Crippen molar-refractivity contribution in [2.45, 2.75) is 16.3 Å². The predicted molar refractivity (Wildman–Crippen MR) is 143 cm³/mol. The van der Waals surface area contributed by atoms with Gasteiger partial charge in [-0.15, -0.1) is 11.8 Å². The van der Waals surface area contributed by atoms with Crippen LogP contribution in [0, 0.1) is 0 Å². The van der Waals surface area contributed by atoms with E-state index in [2.05, 4.69) is 10.6 Å². The molecular weight excluding hydrogens is 513 g/mol. The molecule has 0 aliphatic heterocycles. The summed E-state index contributed by atoms with van der Waals surface area (Å²) in [5, 5.41) is 4.42. The van der Waals surface area contributed by atoms with Gasteiger partial charge in [0.25, 0.3) is 5.91 Å². The standard InChI is InChI=1S/C29H23F3N2O3S/c1-37-22-13-7-11-20(17-22)27(35)33-21-12-8-14-23(18-21)38-26(19-9-3-2-4-10-19)28(36)34-25-16-6-5-15-24(25)29(30,31)32/h2-18,26H,1H3,(H,33,35)(H,34,36). The Morgan fingerprint density at radius 3 is 2.26 bits per heavy atom. The second-order valence-corrected chi connectivity index (χ2v) is 9.33. The van der Waals surface area contributed by atoms with Gasteiger partial charge in [-0.2, -0.15) is 13.2 Å². The maximum atomic E-state index is 13.5. The Morgan fingerprint density at radius 2 is 1.53 bits per heavy atom. The SMILES string of the molecule is COc1cccc(C(=O)Nc2cccc(SC(C(=O)Nc3ccccc3C(F)(F)F)c3ccccc3)c2)c1. The Kier molecular flexibility index (Phi) is 8.38. The molecule has 0 aromatic heterocycles. The van der Waals surface area contributed by atoms with Crippen molar-refractivity contribution < 1.29 is 27.5 Å². The molecule has 1 atom stereocenters. The maximum absolute atomic E-state index is 13.5. The molecule has 0 spiro atoms. The van der Waals surface area contributed by atoms with Gasteiger partial charge in [0.15, 0.2) is 0 Å².